The van der Waals surface area contributed by atoms with Crippen molar-refractivity contribution < 1.29 is 19.0 Å². The predicted molar refractivity (Wildman–Crippen MR) is 195 cm³/mol. The molecule has 0 aromatic rings. The Bertz CT molecular complexity index is 630. The molecule has 0 saturated heterocycles. The molecular weight excluding hydrogens is 558 g/mol. The molecule has 0 saturated carbocycles. The summed E-state index contributed by atoms with van der Waals surface area (Å²) in [6, 6.07) is 0. The highest BCUT2D eigenvalue weighted by atomic mass is 16.6. The van der Waals surface area contributed by atoms with E-state index in [9.17, 15) is 4.79 Å². The van der Waals surface area contributed by atoms with Crippen molar-refractivity contribution in [3.63, 3.8) is 0 Å². The smallest absolute Gasteiger partial charge is 0.407 e. The molecule has 0 aromatic carbocycles. The van der Waals surface area contributed by atoms with Gasteiger partial charge in [0.25, 0.3) is 0 Å². The zero-order valence-electron chi connectivity index (χ0n) is 31.7. The molecular formula is C40H81NO4. The molecule has 0 rings (SSSR count). The van der Waals surface area contributed by atoms with Gasteiger partial charge >= 0.3 is 6.09 Å². The van der Waals surface area contributed by atoms with Crippen LogP contribution in [-0.2, 0) is 14.2 Å². The summed E-state index contributed by atoms with van der Waals surface area (Å²) in [4.78, 5) is 12.6. The van der Waals surface area contributed by atoms with Gasteiger partial charge in [-0.1, -0.05) is 149 Å². The first-order chi connectivity index (χ1) is 21.6. The van der Waals surface area contributed by atoms with E-state index in [4.69, 9.17) is 14.2 Å². The second-order valence-corrected chi connectivity index (χ2v) is 15.3. The molecule has 0 bridgehead atoms. The maximum absolute atomic E-state index is 12.6. The van der Waals surface area contributed by atoms with Crippen molar-refractivity contribution in [3.05, 3.63) is 0 Å². The first kappa shape index (κ1) is 44.2. The minimum atomic E-state index is -0.345. The molecule has 0 fully saturated rings. The normalized spacial score (nSPS) is 12.9. The Morgan fingerprint density at radius 2 is 0.911 bits per heavy atom. The van der Waals surface area contributed by atoms with Crippen LogP contribution in [0.2, 0.25) is 0 Å². The molecule has 0 spiro atoms. The quantitative estimate of drug-likeness (QED) is 0.0726. The molecule has 270 valence electrons. The van der Waals surface area contributed by atoms with E-state index in [1.54, 1.807) is 0 Å². The molecule has 5 nitrogen and oxygen atoms in total. The summed E-state index contributed by atoms with van der Waals surface area (Å²) in [5.74, 6) is 0. The number of carbonyl (C=O) groups is 1. The van der Waals surface area contributed by atoms with Gasteiger partial charge < -0.3 is 19.5 Å². The Hall–Kier alpha value is -0.810. The van der Waals surface area contributed by atoms with E-state index in [-0.39, 0.29) is 23.4 Å². The van der Waals surface area contributed by atoms with E-state index in [0.29, 0.717) is 19.8 Å². The van der Waals surface area contributed by atoms with Crippen LogP contribution >= 0.6 is 0 Å². The maximum Gasteiger partial charge on any atom is 0.407 e. The molecule has 0 aliphatic rings. The van der Waals surface area contributed by atoms with Crippen LogP contribution in [0.1, 0.15) is 215 Å². The van der Waals surface area contributed by atoms with E-state index < -0.39 is 0 Å². The van der Waals surface area contributed by atoms with Gasteiger partial charge in [0.15, 0.2) is 0 Å². The SMILES string of the molecule is CCCCCCCCCCCCCCCCCC(CCCCCCCCCC)OC(=O)NCCCOC(C)(C)COC(C)(C)C. The van der Waals surface area contributed by atoms with E-state index in [1.165, 1.54) is 135 Å². The van der Waals surface area contributed by atoms with E-state index in [2.05, 4.69) is 39.9 Å². The fourth-order valence-electron chi connectivity index (χ4n) is 5.75. The second kappa shape index (κ2) is 30.5. The zero-order valence-corrected chi connectivity index (χ0v) is 31.7. The van der Waals surface area contributed by atoms with Crippen molar-refractivity contribution in [2.45, 2.75) is 233 Å². The summed E-state index contributed by atoms with van der Waals surface area (Å²) in [6.07, 6.45) is 33.6. The molecule has 1 unspecified atom stereocenters. The third-order valence-corrected chi connectivity index (χ3v) is 8.72. The van der Waals surface area contributed by atoms with Crippen LogP contribution in [0.25, 0.3) is 0 Å². The van der Waals surface area contributed by atoms with Crippen LogP contribution in [-0.4, -0.2) is 43.2 Å². The van der Waals surface area contributed by atoms with Crippen LogP contribution in [0.3, 0.4) is 0 Å². The minimum absolute atomic E-state index is 0.0387. The summed E-state index contributed by atoms with van der Waals surface area (Å²) in [5.41, 5.74) is -0.522. The Balaban J connectivity index is 4.17. The lowest BCUT2D eigenvalue weighted by molar-refractivity contribution is -0.114. The molecule has 5 heteroatoms. The third kappa shape index (κ3) is 34.3. The first-order valence-corrected chi connectivity index (χ1v) is 19.8. The first-order valence-electron chi connectivity index (χ1n) is 19.8. The lowest BCUT2D eigenvalue weighted by Crippen LogP contribution is -2.36. The number of rotatable bonds is 33. The molecule has 0 aliphatic heterocycles. The number of amides is 1. The lowest BCUT2D eigenvalue weighted by atomic mass is 10.0. The number of carbonyl (C=O) groups excluding carboxylic acids is 1. The summed E-state index contributed by atoms with van der Waals surface area (Å²) < 4.78 is 17.8. The summed E-state index contributed by atoms with van der Waals surface area (Å²) in [6.45, 7) is 16.5. The Labute approximate surface area is 282 Å². The van der Waals surface area contributed by atoms with E-state index in [0.717, 1.165) is 32.1 Å². The van der Waals surface area contributed by atoms with E-state index in [1.807, 2.05) is 13.8 Å². The Kier molecular flexibility index (Phi) is 30.0. The van der Waals surface area contributed by atoms with Gasteiger partial charge in [0.2, 0.25) is 0 Å². The minimum Gasteiger partial charge on any atom is -0.446 e. The number of unbranched alkanes of at least 4 members (excludes halogenated alkanes) is 21. The summed E-state index contributed by atoms with van der Waals surface area (Å²) in [7, 11) is 0. The Morgan fingerprint density at radius 1 is 0.533 bits per heavy atom. The fourth-order valence-corrected chi connectivity index (χ4v) is 5.75. The van der Waals surface area contributed by atoms with Crippen molar-refractivity contribution in [2.75, 3.05) is 19.8 Å². The van der Waals surface area contributed by atoms with E-state index >= 15 is 0 Å². The molecule has 0 aliphatic carbocycles. The number of hydrogen-bond donors (Lipinski definition) is 1. The Morgan fingerprint density at radius 3 is 1.29 bits per heavy atom. The third-order valence-electron chi connectivity index (χ3n) is 8.72. The predicted octanol–water partition coefficient (Wildman–Crippen LogP) is 12.9. The largest absolute Gasteiger partial charge is 0.446 e. The molecule has 1 amide bonds. The highest BCUT2D eigenvalue weighted by Crippen LogP contribution is 2.19. The highest BCUT2D eigenvalue weighted by molar-refractivity contribution is 5.67. The van der Waals surface area contributed by atoms with Gasteiger partial charge in [-0.05, 0) is 66.7 Å². The molecule has 1 atom stereocenters. The number of hydrogen-bond acceptors (Lipinski definition) is 4. The van der Waals surface area contributed by atoms with Gasteiger partial charge in [-0.15, -0.1) is 0 Å². The number of nitrogens with one attached hydrogen (secondary N) is 1. The lowest BCUT2D eigenvalue weighted by Gasteiger charge is -2.30. The van der Waals surface area contributed by atoms with Crippen LogP contribution in [0.15, 0.2) is 0 Å². The fraction of sp³-hybridized carbons (Fsp3) is 0.975. The highest BCUT2D eigenvalue weighted by Gasteiger charge is 2.22. The monoisotopic (exact) mass is 640 g/mol. The molecule has 0 heterocycles. The van der Waals surface area contributed by atoms with Crippen LogP contribution in [0.4, 0.5) is 4.79 Å². The zero-order chi connectivity index (χ0) is 33.5. The molecule has 0 radical (unpaired) electrons. The van der Waals surface area contributed by atoms with Gasteiger partial charge in [0.05, 0.1) is 17.8 Å². The standard InChI is InChI=1S/C40H81NO4/c1-8-10-12-14-16-18-19-20-21-22-23-24-26-28-30-33-37(32-29-27-25-17-15-13-11-9-2)45-38(42)41-34-31-35-43-40(6,7)36-44-39(3,4)5/h37H,8-36H2,1-7H3,(H,41,42). The average molecular weight is 640 g/mol. The van der Waals surface area contributed by atoms with Crippen molar-refractivity contribution >= 4 is 6.09 Å². The number of ether oxygens (including phenoxy) is 3. The average Bonchev–Trinajstić information content (AvgIpc) is 2.98. The molecule has 0 aromatic heterocycles. The second-order valence-electron chi connectivity index (χ2n) is 15.3. The van der Waals surface area contributed by atoms with Gasteiger partial charge in [0.1, 0.15) is 6.10 Å². The molecule has 45 heavy (non-hydrogen) atoms. The van der Waals surface area contributed by atoms with Crippen LogP contribution in [0, 0.1) is 0 Å². The van der Waals surface area contributed by atoms with Crippen molar-refractivity contribution in [1.82, 2.24) is 5.32 Å². The van der Waals surface area contributed by atoms with Crippen molar-refractivity contribution in [1.29, 1.82) is 0 Å². The maximum atomic E-state index is 12.6. The van der Waals surface area contributed by atoms with Gasteiger partial charge in [-0.25, -0.2) is 4.79 Å². The topological polar surface area (TPSA) is 56.8 Å². The van der Waals surface area contributed by atoms with Crippen LogP contribution in [0.5, 0.6) is 0 Å². The number of alkyl carbamates (subject to hydrolysis) is 1. The molecule has 1 N–H and O–H groups in total. The van der Waals surface area contributed by atoms with Crippen molar-refractivity contribution in [2.24, 2.45) is 0 Å². The van der Waals surface area contributed by atoms with Crippen LogP contribution < -0.4 is 5.32 Å². The van der Waals surface area contributed by atoms with Gasteiger partial charge in [-0.2, -0.15) is 0 Å². The van der Waals surface area contributed by atoms with Crippen molar-refractivity contribution in [3.8, 4) is 0 Å². The summed E-state index contributed by atoms with van der Waals surface area (Å²) in [5, 5.41) is 2.97. The van der Waals surface area contributed by atoms with Gasteiger partial charge in [-0.3, -0.25) is 0 Å². The summed E-state index contributed by atoms with van der Waals surface area (Å²) >= 11 is 0. The van der Waals surface area contributed by atoms with Gasteiger partial charge in [0, 0.05) is 13.2 Å².